The fourth-order valence-corrected chi connectivity index (χ4v) is 2.64. The highest BCUT2D eigenvalue weighted by molar-refractivity contribution is 5.83. The molecule has 2 aromatic rings. The first-order valence-electron chi connectivity index (χ1n) is 8.25. The second-order valence-corrected chi connectivity index (χ2v) is 6.88. The number of para-hydroxylation sites is 1. The Morgan fingerprint density at radius 2 is 1.96 bits per heavy atom. The van der Waals surface area contributed by atoms with E-state index in [4.69, 9.17) is 4.74 Å². The van der Waals surface area contributed by atoms with Crippen LogP contribution >= 0.6 is 0 Å². The van der Waals surface area contributed by atoms with Crippen molar-refractivity contribution in [3.8, 4) is 0 Å². The largest absolute Gasteiger partial charge is 0.379 e. The molecule has 0 aliphatic heterocycles. The molecule has 1 heterocycles. The molecule has 1 aromatic heterocycles. The standard InChI is InChI=1S/C19H28N4O/c1-19(2,3)17(24-5)13-23-18(20-4)22-12-14-10-11-21-16-9-7-6-8-15(14)16/h6-11,17H,12-13H2,1-5H3,(H2,20,22,23). The number of hydrogen-bond donors (Lipinski definition) is 2. The van der Waals surface area contributed by atoms with E-state index in [1.807, 2.05) is 30.5 Å². The van der Waals surface area contributed by atoms with E-state index in [1.54, 1.807) is 14.2 Å². The lowest BCUT2D eigenvalue weighted by atomic mass is 9.89. The first kappa shape index (κ1) is 18.2. The third-order valence-electron chi connectivity index (χ3n) is 4.11. The molecule has 2 rings (SSSR count). The Morgan fingerprint density at radius 1 is 1.21 bits per heavy atom. The van der Waals surface area contributed by atoms with Gasteiger partial charge in [-0.1, -0.05) is 39.0 Å². The maximum Gasteiger partial charge on any atom is 0.191 e. The summed E-state index contributed by atoms with van der Waals surface area (Å²) < 4.78 is 5.58. The number of pyridine rings is 1. The van der Waals surface area contributed by atoms with Crippen molar-refractivity contribution in [2.75, 3.05) is 20.7 Å². The quantitative estimate of drug-likeness (QED) is 0.654. The zero-order chi connectivity index (χ0) is 17.6. The maximum absolute atomic E-state index is 5.58. The molecule has 0 radical (unpaired) electrons. The molecule has 24 heavy (non-hydrogen) atoms. The van der Waals surface area contributed by atoms with Crippen molar-refractivity contribution in [2.45, 2.75) is 33.4 Å². The first-order chi connectivity index (χ1) is 11.5. The molecule has 0 spiro atoms. The third-order valence-corrected chi connectivity index (χ3v) is 4.11. The lowest BCUT2D eigenvalue weighted by Crippen LogP contribution is -2.45. The molecule has 0 bridgehead atoms. The van der Waals surface area contributed by atoms with E-state index in [9.17, 15) is 0 Å². The number of nitrogens with one attached hydrogen (secondary N) is 2. The fourth-order valence-electron chi connectivity index (χ4n) is 2.64. The molecule has 0 amide bonds. The molecule has 1 aromatic carbocycles. The van der Waals surface area contributed by atoms with Crippen LogP contribution in [0.5, 0.6) is 0 Å². The summed E-state index contributed by atoms with van der Waals surface area (Å²) >= 11 is 0. The molecule has 1 unspecified atom stereocenters. The normalized spacial score (nSPS) is 13.8. The molecule has 130 valence electrons. The molecule has 5 nitrogen and oxygen atoms in total. The first-order valence-corrected chi connectivity index (χ1v) is 8.25. The Balaban J connectivity index is 1.99. The monoisotopic (exact) mass is 328 g/mol. The van der Waals surface area contributed by atoms with Crippen LogP contribution in [0.1, 0.15) is 26.3 Å². The molecule has 0 saturated carbocycles. The van der Waals surface area contributed by atoms with Crippen molar-refractivity contribution in [2.24, 2.45) is 10.4 Å². The lowest BCUT2D eigenvalue weighted by molar-refractivity contribution is 0.0205. The number of ether oxygens (including phenoxy) is 1. The van der Waals surface area contributed by atoms with E-state index in [1.165, 1.54) is 5.56 Å². The van der Waals surface area contributed by atoms with Crippen LogP contribution in [0.25, 0.3) is 10.9 Å². The minimum atomic E-state index is 0.0713. The highest BCUT2D eigenvalue weighted by atomic mass is 16.5. The van der Waals surface area contributed by atoms with Gasteiger partial charge in [0.25, 0.3) is 0 Å². The van der Waals surface area contributed by atoms with Crippen LogP contribution in [0.3, 0.4) is 0 Å². The van der Waals surface area contributed by atoms with Crippen molar-refractivity contribution in [3.05, 3.63) is 42.1 Å². The van der Waals surface area contributed by atoms with Gasteiger partial charge in [0.1, 0.15) is 0 Å². The van der Waals surface area contributed by atoms with Gasteiger partial charge in [-0.05, 0) is 23.1 Å². The van der Waals surface area contributed by atoms with Gasteiger partial charge in [-0.2, -0.15) is 0 Å². The fraction of sp³-hybridized carbons (Fsp3) is 0.474. The van der Waals surface area contributed by atoms with Gasteiger partial charge in [0.15, 0.2) is 5.96 Å². The van der Waals surface area contributed by atoms with Gasteiger partial charge in [0, 0.05) is 38.8 Å². The summed E-state index contributed by atoms with van der Waals surface area (Å²) in [7, 11) is 3.52. The lowest BCUT2D eigenvalue weighted by Gasteiger charge is -2.30. The summed E-state index contributed by atoms with van der Waals surface area (Å²) in [6.45, 7) is 7.90. The summed E-state index contributed by atoms with van der Waals surface area (Å²) in [5.41, 5.74) is 2.27. The molecule has 5 heteroatoms. The van der Waals surface area contributed by atoms with E-state index in [0.717, 1.165) is 16.9 Å². The van der Waals surface area contributed by atoms with Crippen molar-refractivity contribution in [1.29, 1.82) is 0 Å². The van der Waals surface area contributed by atoms with Crippen LogP contribution in [0.2, 0.25) is 0 Å². The van der Waals surface area contributed by atoms with Gasteiger partial charge in [0.2, 0.25) is 0 Å². The van der Waals surface area contributed by atoms with Gasteiger partial charge in [-0.25, -0.2) is 0 Å². The topological polar surface area (TPSA) is 58.5 Å². The number of guanidine groups is 1. The minimum Gasteiger partial charge on any atom is -0.379 e. The van der Waals surface area contributed by atoms with Gasteiger partial charge in [0.05, 0.1) is 11.6 Å². The number of aliphatic imine (C=N–C) groups is 1. The summed E-state index contributed by atoms with van der Waals surface area (Å²) in [6.07, 6.45) is 1.95. The predicted molar refractivity (Wildman–Crippen MR) is 100 cm³/mol. The number of fused-ring (bicyclic) bond motifs is 1. The molecule has 0 aliphatic rings. The smallest absolute Gasteiger partial charge is 0.191 e. The summed E-state index contributed by atoms with van der Waals surface area (Å²) in [6, 6.07) is 10.2. The van der Waals surface area contributed by atoms with Gasteiger partial charge in [-0.15, -0.1) is 0 Å². The van der Waals surface area contributed by atoms with Gasteiger partial charge >= 0.3 is 0 Å². The van der Waals surface area contributed by atoms with Crippen LogP contribution in [-0.2, 0) is 11.3 Å². The maximum atomic E-state index is 5.58. The average molecular weight is 328 g/mol. The molecular formula is C19H28N4O. The van der Waals surface area contributed by atoms with E-state index < -0.39 is 0 Å². The van der Waals surface area contributed by atoms with Crippen LogP contribution in [0, 0.1) is 5.41 Å². The number of hydrogen-bond acceptors (Lipinski definition) is 3. The molecule has 0 saturated heterocycles. The van der Waals surface area contributed by atoms with Crippen LogP contribution in [0.4, 0.5) is 0 Å². The summed E-state index contributed by atoms with van der Waals surface area (Å²) in [5, 5.41) is 7.87. The second-order valence-electron chi connectivity index (χ2n) is 6.88. The van der Waals surface area contributed by atoms with Crippen molar-refractivity contribution in [1.82, 2.24) is 15.6 Å². The molecule has 0 aliphatic carbocycles. The van der Waals surface area contributed by atoms with E-state index in [2.05, 4.69) is 47.4 Å². The number of rotatable bonds is 5. The van der Waals surface area contributed by atoms with Crippen molar-refractivity contribution < 1.29 is 4.74 Å². The Labute approximate surface area is 144 Å². The number of nitrogens with zero attached hydrogens (tertiary/aromatic N) is 2. The Kier molecular flexibility index (Phi) is 6.15. The van der Waals surface area contributed by atoms with E-state index >= 15 is 0 Å². The molecule has 0 fully saturated rings. The number of methoxy groups -OCH3 is 1. The van der Waals surface area contributed by atoms with Gasteiger partial charge in [-0.3, -0.25) is 9.98 Å². The number of benzene rings is 1. The van der Waals surface area contributed by atoms with Crippen LogP contribution in [0.15, 0.2) is 41.5 Å². The predicted octanol–water partition coefficient (Wildman–Crippen LogP) is 2.96. The van der Waals surface area contributed by atoms with Crippen LogP contribution < -0.4 is 10.6 Å². The zero-order valence-electron chi connectivity index (χ0n) is 15.3. The minimum absolute atomic E-state index is 0.0713. The summed E-state index contributed by atoms with van der Waals surface area (Å²) in [5.74, 6) is 0.766. The zero-order valence-corrected chi connectivity index (χ0v) is 15.3. The van der Waals surface area contributed by atoms with Crippen molar-refractivity contribution >= 4 is 16.9 Å². The highest BCUT2D eigenvalue weighted by Crippen LogP contribution is 2.21. The molecule has 1 atom stereocenters. The van der Waals surface area contributed by atoms with Gasteiger partial charge < -0.3 is 15.4 Å². The van der Waals surface area contributed by atoms with E-state index in [0.29, 0.717) is 13.1 Å². The van der Waals surface area contributed by atoms with E-state index in [-0.39, 0.29) is 11.5 Å². The van der Waals surface area contributed by atoms with Crippen molar-refractivity contribution in [3.63, 3.8) is 0 Å². The third kappa shape index (κ3) is 4.68. The summed E-state index contributed by atoms with van der Waals surface area (Å²) in [4.78, 5) is 8.69. The Bertz CT molecular complexity index is 686. The number of aromatic nitrogens is 1. The molecular weight excluding hydrogens is 300 g/mol. The van der Waals surface area contributed by atoms with Crippen LogP contribution in [-0.4, -0.2) is 37.7 Å². The Morgan fingerprint density at radius 3 is 2.62 bits per heavy atom. The average Bonchev–Trinajstić information content (AvgIpc) is 2.57. The SMILES string of the molecule is CN=C(NCc1ccnc2ccccc12)NCC(OC)C(C)(C)C. The second kappa shape index (κ2) is 8.11. The molecule has 2 N–H and O–H groups in total. The Hall–Kier alpha value is -2.14. The highest BCUT2D eigenvalue weighted by Gasteiger charge is 2.24.